The number of rotatable bonds is 7. The lowest BCUT2D eigenvalue weighted by Gasteiger charge is -2.32. The lowest BCUT2D eigenvalue weighted by atomic mass is 10.1. The second kappa shape index (κ2) is 9.97. The Labute approximate surface area is 169 Å². The molecule has 2 aliphatic rings. The van der Waals surface area contributed by atoms with E-state index >= 15 is 0 Å². The van der Waals surface area contributed by atoms with Crippen molar-refractivity contribution < 1.29 is 14.3 Å². The summed E-state index contributed by atoms with van der Waals surface area (Å²) in [6, 6.07) is 5.56. The van der Waals surface area contributed by atoms with Gasteiger partial charge in [-0.1, -0.05) is 26.0 Å². The van der Waals surface area contributed by atoms with Gasteiger partial charge < -0.3 is 14.4 Å². The molecular formula is C23H34N2O3. The molecule has 2 saturated heterocycles. The molecule has 28 heavy (non-hydrogen) atoms. The molecule has 0 spiro atoms. The zero-order chi connectivity index (χ0) is 19.9. The van der Waals surface area contributed by atoms with Crippen molar-refractivity contribution in [1.29, 1.82) is 0 Å². The second-order valence-electron chi connectivity index (χ2n) is 8.15. The van der Waals surface area contributed by atoms with Crippen molar-refractivity contribution in [2.24, 2.45) is 5.92 Å². The number of methoxy groups -OCH3 is 1. The maximum atomic E-state index is 12.9. The average molecular weight is 387 g/mol. The van der Waals surface area contributed by atoms with Gasteiger partial charge in [0.15, 0.2) is 0 Å². The van der Waals surface area contributed by atoms with Crippen LogP contribution in [0.25, 0.3) is 0 Å². The molecular weight excluding hydrogens is 352 g/mol. The molecule has 0 aliphatic carbocycles. The maximum absolute atomic E-state index is 12.9. The first kappa shape index (κ1) is 20.7. The number of carbonyl (C=O) groups excluding carboxylic acids is 1. The van der Waals surface area contributed by atoms with Crippen molar-refractivity contribution in [1.82, 2.24) is 9.80 Å². The minimum atomic E-state index is 0.0754. The second-order valence-corrected chi connectivity index (χ2v) is 8.15. The zero-order valence-electron chi connectivity index (χ0n) is 17.5. The third-order valence-corrected chi connectivity index (χ3v) is 5.53. The van der Waals surface area contributed by atoms with Crippen LogP contribution in [0.3, 0.4) is 0 Å². The first-order valence-electron chi connectivity index (χ1n) is 10.6. The molecule has 1 aromatic rings. The quantitative estimate of drug-likeness (QED) is 0.665. The highest BCUT2D eigenvalue weighted by atomic mass is 16.5. The van der Waals surface area contributed by atoms with E-state index in [-0.39, 0.29) is 12.0 Å². The molecule has 3 rings (SSSR count). The fourth-order valence-electron chi connectivity index (χ4n) is 3.87. The average Bonchev–Trinajstić information content (AvgIpc) is 3.23. The van der Waals surface area contributed by atoms with E-state index in [0.29, 0.717) is 17.2 Å². The topological polar surface area (TPSA) is 42.0 Å². The molecule has 2 aliphatic heterocycles. The minimum Gasteiger partial charge on any atom is -0.497 e. The van der Waals surface area contributed by atoms with Gasteiger partial charge in [0.25, 0.3) is 5.91 Å². The van der Waals surface area contributed by atoms with Crippen LogP contribution in [0.1, 0.15) is 49.9 Å². The van der Waals surface area contributed by atoms with Gasteiger partial charge in [-0.3, -0.25) is 9.69 Å². The molecule has 1 amide bonds. The number of carbonyl (C=O) groups is 1. The molecule has 1 aromatic carbocycles. The van der Waals surface area contributed by atoms with Crippen molar-refractivity contribution in [3.8, 4) is 11.5 Å². The van der Waals surface area contributed by atoms with Crippen LogP contribution in [0.4, 0.5) is 0 Å². The zero-order valence-corrected chi connectivity index (χ0v) is 17.5. The Bertz CT molecular complexity index is 672. The molecule has 154 valence electrons. The fourth-order valence-corrected chi connectivity index (χ4v) is 3.87. The van der Waals surface area contributed by atoms with E-state index in [1.165, 1.54) is 0 Å². The van der Waals surface area contributed by atoms with Crippen molar-refractivity contribution in [2.45, 2.75) is 45.6 Å². The van der Waals surface area contributed by atoms with Crippen LogP contribution in [0, 0.1) is 5.92 Å². The Morgan fingerprint density at radius 1 is 1.18 bits per heavy atom. The monoisotopic (exact) mass is 386 g/mol. The van der Waals surface area contributed by atoms with E-state index in [1.807, 2.05) is 23.1 Å². The molecule has 0 saturated carbocycles. The largest absolute Gasteiger partial charge is 0.497 e. The molecule has 0 atom stereocenters. The third-order valence-electron chi connectivity index (χ3n) is 5.53. The van der Waals surface area contributed by atoms with Crippen LogP contribution in [-0.4, -0.2) is 61.6 Å². The SMILES string of the molecule is COc1ccc(C(=O)N2CCCC2)c(OC2CCN(C/C=C/C(C)C)CC2)c1. The molecule has 0 radical (unpaired) electrons. The predicted octanol–water partition coefficient (Wildman–Crippen LogP) is 3.99. The molecule has 2 fully saturated rings. The highest BCUT2D eigenvalue weighted by Gasteiger charge is 2.26. The molecule has 0 N–H and O–H groups in total. The summed E-state index contributed by atoms with van der Waals surface area (Å²) in [6.45, 7) is 9.12. The summed E-state index contributed by atoms with van der Waals surface area (Å²) in [7, 11) is 1.64. The van der Waals surface area contributed by atoms with Gasteiger partial charge in [0.2, 0.25) is 0 Å². The number of amides is 1. The van der Waals surface area contributed by atoms with Crippen molar-refractivity contribution in [2.75, 3.05) is 39.8 Å². The Kier molecular flexibility index (Phi) is 7.37. The number of piperidine rings is 1. The van der Waals surface area contributed by atoms with Gasteiger partial charge >= 0.3 is 0 Å². The van der Waals surface area contributed by atoms with Gasteiger partial charge in [-0.25, -0.2) is 0 Å². The Hall–Kier alpha value is -2.01. The predicted molar refractivity (Wildman–Crippen MR) is 112 cm³/mol. The first-order valence-corrected chi connectivity index (χ1v) is 10.6. The van der Waals surface area contributed by atoms with E-state index in [2.05, 4.69) is 30.9 Å². The lowest BCUT2D eigenvalue weighted by molar-refractivity contribution is 0.0771. The lowest BCUT2D eigenvalue weighted by Crippen LogP contribution is -2.38. The van der Waals surface area contributed by atoms with Crippen LogP contribution in [-0.2, 0) is 0 Å². The van der Waals surface area contributed by atoms with Crippen LogP contribution in [0.5, 0.6) is 11.5 Å². The van der Waals surface area contributed by atoms with Crippen molar-refractivity contribution in [3.05, 3.63) is 35.9 Å². The number of benzene rings is 1. The number of allylic oxidation sites excluding steroid dienone is 1. The summed E-state index contributed by atoms with van der Waals surface area (Å²) in [5.74, 6) is 2.06. The summed E-state index contributed by atoms with van der Waals surface area (Å²) < 4.78 is 11.7. The number of ether oxygens (including phenoxy) is 2. The summed E-state index contributed by atoms with van der Waals surface area (Å²) >= 11 is 0. The minimum absolute atomic E-state index is 0.0754. The van der Waals surface area contributed by atoms with Gasteiger partial charge in [-0.05, 0) is 43.7 Å². The number of hydrogen-bond donors (Lipinski definition) is 0. The van der Waals surface area contributed by atoms with Crippen LogP contribution < -0.4 is 9.47 Å². The summed E-state index contributed by atoms with van der Waals surface area (Å²) in [6.07, 6.45) is 8.79. The smallest absolute Gasteiger partial charge is 0.257 e. The van der Waals surface area contributed by atoms with Crippen LogP contribution in [0.15, 0.2) is 30.4 Å². The number of likely N-dealkylation sites (tertiary alicyclic amines) is 2. The van der Waals surface area contributed by atoms with Crippen LogP contribution in [0.2, 0.25) is 0 Å². The van der Waals surface area contributed by atoms with Gasteiger partial charge in [0, 0.05) is 38.8 Å². The number of nitrogens with zero attached hydrogens (tertiary/aromatic N) is 2. The molecule has 0 bridgehead atoms. The summed E-state index contributed by atoms with van der Waals surface area (Å²) in [4.78, 5) is 17.3. The van der Waals surface area contributed by atoms with E-state index in [0.717, 1.165) is 64.2 Å². The standard InChI is InChI=1S/C23H34N2O3/c1-18(2)7-6-12-24-15-10-19(11-16-24)28-22-17-20(27-3)8-9-21(22)23(26)25-13-4-5-14-25/h6-9,17-19H,4-5,10-16H2,1-3H3/b7-6+. The van der Waals surface area contributed by atoms with E-state index < -0.39 is 0 Å². The van der Waals surface area contributed by atoms with Crippen LogP contribution >= 0.6 is 0 Å². The van der Waals surface area contributed by atoms with E-state index in [4.69, 9.17) is 9.47 Å². The highest BCUT2D eigenvalue weighted by molar-refractivity contribution is 5.97. The van der Waals surface area contributed by atoms with Gasteiger partial charge in [-0.2, -0.15) is 0 Å². The van der Waals surface area contributed by atoms with Gasteiger partial charge in [-0.15, -0.1) is 0 Å². The van der Waals surface area contributed by atoms with Gasteiger partial charge in [0.05, 0.1) is 12.7 Å². The normalized spacial score (nSPS) is 18.9. The molecule has 0 unspecified atom stereocenters. The summed E-state index contributed by atoms with van der Waals surface area (Å²) in [5.41, 5.74) is 0.657. The fraction of sp³-hybridized carbons (Fsp3) is 0.609. The maximum Gasteiger partial charge on any atom is 0.257 e. The molecule has 5 nitrogen and oxygen atoms in total. The Morgan fingerprint density at radius 2 is 1.89 bits per heavy atom. The third kappa shape index (κ3) is 5.51. The summed E-state index contributed by atoms with van der Waals surface area (Å²) in [5, 5.41) is 0. The molecule has 2 heterocycles. The van der Waals surface area contributed by atoms with Crippen molar-refractivity contribution >= 4 is 5.91 Å². The van der Waals surface area contributed by atoms with E-state index in [9.17, 15) is 4.79 Å². The van der Waals surface area contributed by atoms with E-state index in [1.54, 1.807) is 7.11 Å². The molecule has 5 heteroatoms. The Balaban J connectivity index is 1.62. The first-order chi connectivity index (χ1) is 13.6. The Morgan fingerprint density at radius 3 is 2.54 bits per heavy atom. The highest BCUT2D eigenvalue weighted by Crippen LogP contribution is 2.29. The molecule has 0 aromatic heterocycles. The van der Waals surface area contributed by atoms with Gasteiger partial charge in [0.1, 0.15) is 17.6 Å². The van der Waals surface area contributed by atoms with Crippen molar-refractivity contribution in [3.63, 3.8) is 0 Å². The number of hydrogen-bond acceptors (Lipinski definition) is 4.